The Hall–Kier alpha value is -2.94. The van der Waals surface area contributed by atoms with Crippen molar-refractivity contribution in [3.05, 3.63) is 98.5 Å². The van der Waals surface area contributed by atoms with E-state index in [1.165, 1.54) is 22.3 Å². The summed E-state index contributed by atoms with van der Waals surface area (Å²) in [5.41, 5.74) is 6.95. The molecule has 1 aromatic carbocycles. The Bertz CT molecular complexity index is 1120. The largest absolute Gasteiger partial charge is 0.326 e. The summed E-state index contributed by atoms with van der Waals surface area (Å²) in [5, 5.41) is 0. The molecule has 0 unspecified atom stereocenters. The number of allylic oxidation sites excluding steroid dienone is 3. The van der Waals surface area contributed by atoms with Crippen molar-refractivity contribution in [2.45, 2.75) is 52.0 Å². The number of H-pyrrole nitrogens is 1. The third kappa shape index (κ3) is 3.77. The molecule has 0 saturated carbocycles. The van der Waals surface area contributed by atoms with Gasteiger partial charge in [-0.1, -0.05) is 61.4 Å². The molecule has 154 valence electrons. The van der Waals surface area contributed by atoms with Crippen LogP contribution in [0.3, 0.4) is 0 Å². The maximum Gasteiger partial charge on any atom is 0.248 e. The van der Waals surface area contributed by atoms with Crippen LogP contribution >= 0.6 is 0 Å². The van der Waals surface area contributed by atoms with Gasteiger partial charge in [-0.25, -0.2) is 0 Å². The molecule has 30 heavy (non-hydrogen) atoms. The van der Waals surface area contributed by atoms with Gasteiger partial charge in [-0.2, -0.15) is 0 Å². The number of nitrogens with one attached hydrogen (secondary N) is 1. The Morgan fingerprint density at radius 1 is 1.27 bits per heavy atom. The molecule has 2 atom stereocenters. The van der Waals surface area contributed by atoms with Gasteiger partial charge in [0.1, 0.15) is 5.54 Å². The predicted octanol–water partition coefficient (Wildman–Crippen LogP) is 5.78. The van der Waals surface area contributed by atoms with E-state index < -0.39 is 5.54 Å². The number of aromatic nitrogens is 1. The summed E-state index contributed by atoms with van der Waals surface area (Å²) in [4.78, 5) is 20.1. The molecule has 0 radical (unpaired) electrons. The van der Waals surface area contributed by atoms with Crippen LogP contribution in [0.5, 0.6) is 0 Å². The smallest absolute Gasteiger partial charge is 0.248 e. The Balaban J connectivity index is 1.71. The average molecular weight is 399 g/mol. The van der Waals surface area contributed by atoms with Gasteiger partial charge in [-0.15, -0.1) is 0 Å². The highest BCUT2D eigenvalue weighted by atomic mass is 16.1. The van der Waals surface area contributed by atoms with E-state index in [2.05, 4.69) is 68.2 Å². The zero-order chi connectivity index (χ0) is 21.1. The quantitative estimate of drug-likeness (QED) is 0.504. The number of nitrogens with zero attached hydrogens (tertiary/aromatic N) is 1. The number of aromatic amines is 1. The first kappa shape index (κ1) is 20.3. The maximum atomic E-state index is 11.9. The average Bonchev–Trinajstić information content (AvgIpc) is 2.71. The molecule has 2 bridgehead atoms. The van der Waals surface area contributed by atoms with E-state index in [0.29, 0.717) is 5.92 Å². The van der Waals surface area contributed by atoms with Crippen LogP contribution in [0.2, 0.25) is 0 Å². The lowest BCUT2D eigenvalue weighted by Gasteiger charge is -2.45. The van der Waals surface area contributed by atoms with Crippen LogP contribution in [0.4, 0.5) is 0 Å². The summed E-state index contributed by atoms with van der Waals surface area (Å²) in [6.07, 6.45) is 14.6. The topological polar surface area (TPSA) is 45.2 Å². The molecule has 4 rings (SSSR count). The number of rotatable bonds is 5. The normalized spacial score (nSPS) is 24.4. The Morgan fingerprint density at radius 3 is 2.93 bits per heavy atom. The molecule has 0 saturated heterocycles. The SMILES string of the molecule is C/C=C1\[C@H]2C=C(C)C[C@]1(/N=C/C=C/c1cccc(CCC)c1)c1ccc(=O)[nH]c1C2. The molecule has 2 aromatic rings. The van der Waals surface area contributed by atoms with Gasteiger partial charge >= 0.3 is 0 Å². The molecule has 2 aliphatic carbocycles. The van der Waals surface area contributed by atoms with E-state index in [4.69, 9.17) is 4.99 Å². The van der Waals surface area contributed by atoms with Gasteiger partial charge < -0.3 is 4.98 Å². The van der Waals surface area contributed by atoms with Crippen molar-refractivity contribution in [2.75, 3.05) is 0 Å². The van der Waals surface area contributed by atoms with Gasteiger partial charge in [-0.05, 0) is 55.5 Å². The van der Waals surface area contributed by atoms with Crippen molar-refractivity contribution >= 4 is 12.3 Å². The molecule has 0 aliphatic heterocycles. The lowest BCUT2D eigenvalue weighted by atomic mass is 9.63. The highest BCUT2D eigenvalue weighted by Gasteiger charge is 2.46. The van der Waals surface area contributed by atoms with E-state index in [1.54, 1.807) is 6.07 Å². The van der Waals surface area contributed by atoms with Gasteiger partial charge in [0.05, 0.1) is 0 Å². The van der Waals surface area contributed by atoms with E-state index in [0.717, 1.165) is 36.9 Å². The van der Waals surface area contributed by atoms with Gasteiger partial charge in [-0.3, -0.25) is 9.79 Å². The number of fused-ring (bicyclic) bond motifs is 4. The number of hydrogen-bond donors (Lipinski definition) is 1. The van der Waals surface area contributed by atoms with Crippen LogP contribution in [-0.2, 0) is 18.4 Å². The van der Waals surface area contributed by atoms with Gasteiger partial charge in [0.25, 0.3) is 0 Å². The number of pyridine rings is 1. The molecular formula is C27H30N2O. The van der Waals surface area contributed by atoms with Crippen molar-refractivity contribution in [3.63, 3.8) is 0 Å². The highest BCUT2D eigenvalue weighted by molar-refractivity contribution is 5.79. The number of aliphatic imine (C=N–C) groups is 1. The van der Waals surface area contributed by atoms with Crippen molar-refractivity contribution in [1.82, 2.24) is 4.98 Å². The number of benzene rings is 1. The summed E-state index contributed by atoms with van der Waals surface area (Å²) in [6.45, 7) is 6.50. The summed E-state index contributed by atoms with van der Waals surface area (Å²) in [7, 11) is 0. The van der Waals surface area contributed by atoms with E-state index in [-0.39, 0.29) is 5.56 Å². The van der Waals surface area contributed by atoms with Crippen molar-refractivity contribution < 1.29 is 0 Å². The van der Waals surface area contributed by atoms with Crippen molar-refractivity contribution in [1.29, 1.82) is 0 Å². The minimum Gasteiger partial charge on any atom is -0.326 e. The highest BCUT2D eigenvalue weighted by Crippen LogP contribution is 2.51. The monoisotopic (exact) mass is 398 g/mol. The summed E-state index contributed by atoms with van der Waals surface area (Å²) in [5.74, 6) is 0.293. The Labute approximate surface area is 179 Å². The summed E-state index contributed by atoms with van der Waals surface area (Å²) >= 11 is 0. The van der Waals surface area contributed by atoms with E-state index in [9.17, 15) is 4.79 Å². The van der Waals surface area contributed by atoms with E-state index >= 15 is 0 Å². The summed E-state index contributed by atoms with van der Waals surface area (Å²) in [6, 6.07) is 12.3. The first-order valence-electron chi connectivity index (χ1n) is 10.9. The second-order valence-corrected chi connectivity index (χ2v) is 8.45. The zero-order valence-electron chi connectivity index (χ0n) is 18.1. The lowest BCUT2D eigenvalue weighted by molar-refractivity contribution is 0.413. The summed E-state index contributed by atoms with van der Waals surface area (Å²) < 4.78 is 0. The second kappa shape index (κ2) is 8.43. The first-order valence-corrected chi connectivity index (χ1v) is 10.9. The number of hydrogen-bond acceptors (Lipinski definition) is 2. The van der Waals surface area contributed by atoms with Crippen molar-refractivity contribution in [3.8, 4) is 0 Å². The minimum atomic E-state index is -0.426. The first-order chi connectivity index (χ1) is 14.6. The Kier molecular flexibility index (Phi) is 5.72. The van der Waals surface area contributed by atoms with Gasteiger partial charge in [0, 0.05) is 35.9 Å². The van der Waals surface area contributed by atoms with Crippen LogP contribution in [0, 0.1) is 5.92 Å². The van der Waals surface area contributed by atoms with Gasteiger partial charge in [0.15, 0.2) is 0 Å². The lowest BCUT2D eigenvalue weighted by Crippen LogP contribution is -2.40. The molecule has 1 N–H and O–H groups in total. The van der Waals surface area contributed by atoms with E-state index in [1.807, 2.05) is 18.4 Å². The van der Waals surface area contributed by atoms with Crippen LogP contribution in [-0.4, -0.2) is 11.2 Å². The third-order valence-electron chi connectivity index (χ3n) is 6.24. The van der Waals surface area contributed by atoms with Gasteiger partial charge in [0.2, 0.25) is 5.56 Å². The number of aryl methyl sites for hydroxylation is 1. The zero-order valence-corrected chi connectivity index (χ0v) is 18.1. The second-order valence-electron chi connectivity index (χ2n) is 8.45. The van der Waals surface area contributed by atoms with Crippen LogP contribution in [0.25, 0.3) is 6.08 Å². The molecule has 0 fully saturated rings. The molecule has 0 spiro atoms. The molecule has 3 heteroatoms. The molecule has 3 nitrogen and oxygen atoms in total. The van der Waals surface area contributed by atoms with Crippen LogP contribution < -0.4 is 5.56 Å². The minimum absolute atomic E-state index is 0.0394. The maximum absolute atomic E-state index is 11.9. The van der Waals surface area contributed by atoms with Crippen LogP contribution in [0.15, 0.2) is 75.6 Å². The standard InChI is InChI=1S/C27H30N2O/c1-4-8-20-9-6-10-21(16-20)11-7-14-28-27-18-19(3)15-22(23(27)5-2)17-25-24(27)12-13-26(30)29-25/h5-7,9-16,22H,4,8,17-18H2,1-3H3,(H,29,30)/b11-7+,23-5+,28-14+/t22-,27+/m0/s1. The predicted molar refractivity (Wildman–Crippen MR) is 126 cm³/mol. The molecular weight excluding hydrogens is 368 g/mol. The molecule has 1 heterocycles. The molecule has 0 amide bonds. The fourth-order valence-corrected chi connectivity index (χ4v) is 5.12. The molecule has 2 aliphatic rings. The van der Waals surface area contributed by atoms with Crippen LogP contribution in [0.1, 0.15) is 56.0 Å². The fraction of sp³-hybridized carbons (Fsp3) is 0.333. The Morgan fingerprint density at radius 2 is 2.13 bits per heavy atom. The van der Waals surface area contributed by atoms with Crippen molar-refractivity contribution in [2.24, 2.45) is 10.9 Å². The fourth-order valence-electron chi connectivity index (χ4n) is 5.12. The third-order valence-corrected chi connectivity index (χ3v) is 6.24. The molecule has 1 aromatic heterocycles.